The van der Waals surface area contributed by atoms with Gasteiger partial charge in [0.05, 0.1) is 0 Å². The zero-order valence-electron chi connectivity index (χ0n) is 10.7. The van der Waals surface area contributed by atoms with Crippen LogP contribution in [0, 0.1) is 17.8 Å². The Morgan fingerprint density at radius 3 is 1.95 bits per heavy atom. The molecule has 1 atom stereocenters. The molecule has 19 heavy (non-hydrogen) atoms. The van der Waals surface area contributed by atoms with Crippen LogP contribution in [-0.2, 0) is 5.41 Å². The monoisotopic (exact) mass is 248 g/mol. The normalized spacial score (nSPS) is 19.3. The molecule has 0 aromatic heterocycles. The molecule has 1 fully saturated rings. The third-order valence-electron chi connectivity index (χ3n) is 3.89. The van der Waals surface area contributed by atoms with Crippen molar-refractivity contribution in [1.82, 2.24) is 0 Å². The van der Waals surface area contributed by atoms with Gasteiger partial charge in [0.25, 0.3) is 0 Å². The van der Waals surface area contributed by atoms with E-state index in [0.717, 1.165) is 6.42 Å². The van der Waals surface area contributed by atoms with Crippen LogP contribution in [0.25, 0.3) is 0 Å². The second-order valence-electron chi connectivity index (χ2n) is 4.94. The molecule has 0 amide bonds. The highest BCUT2D eigenvalue weighted by atomic mass is 16.2. The molecule has 0 bridgehead atoms. The summed E-state index contributed by atoms with van der Waals surface area (Å²) in [4.78, 5) is 0. The summed E-state index contributed by atoms with van der Waals surface area (Å²) in [5.74, 6) is 6.31. The summed E-state index contributed by atoms with van der Waals surface area (Å²) < 4.78 is 0. The van der Waals surface area contributed by atoms with E-state index < -0.39 is 0 Å². The standard InChI is InChI=1S/C18H16O/c19-13-7-12-17-14-18(17,15-8-3-1-4-9-15)16-10-5-2-6-11-16/h1-6,8-11,17,19H,13-14H2. The maximum Gasteiger partial charge on any atom is 0.104 e. The van der Waals surface area contributed by atoms with Gasteiger partial charge in [0.2, 0.25) is 0 Å². The highest BCUT2D eigenvalue weighted by molar-refractivity contribution is 5.50. The van der Waals surface area contributed by atoms with Gasteiger partial charge in [-0.1, -0.05) is 72.5 Å². The van der Waals surface area contributed by atoms with Gasteiger partial charge in [-0.05, 0) is 17.5 Å². The first kappa shape index (κ1) is 12.0. The highest BCUT2D eigenvalue weighted by Gasteiger charge is 2.55. The predicted molar refractivity (Wildman–Crippen MR) is 76.6 cm³/mol. The molecule has 0 radical (unpaired) electrons. The Balaban J connectivity index is 2.05. The topological polar surface area (TPSA) is 20.2 Å². The van der Waals surface area contributed by atoms with Crippen LogP contribution in [0.2, 0.25) is 0 Å². The lowest BCUT2D eigenvalue weighted by Gasteiger charge is -2.17. The lowest BCUT2D eigenvalue weighted by Crippen LogP contribution is -2.11. The molecular formula is C18H16O. The molecule has 0 heterocycles. The molecule has 1 nitrogen and oxygen atoms in total. The first-order valence-electron chi connectivity index (χ1n) is 6.58. The van der Waals surface area contributed by atoms with Crippen molar-refractivity contribution >= 4 is 0 Å². The van der Waals surface area contributed by atoms with Crippen molar-refractivity contribution < 1.29 is 5.11 Å². The molecule has 0 spiro atoms. The first-order valence-corrected chi connectivity index (χ1v) is 6.58. The van der Waals surface area contributed by atoms with Crippen LogP contribution in [-0.4, -0.2) is 11.7 Å². The van der Waals surface area contributed by atoms with Gasteiger partial charge in [-0.25, -0.2) is 0 Å². The van der Waals surface area contributed by atoms with E-state index in [4.69, 9.17) is 5.11 Å². The van der Waals surface area contributed by atoms with Gasteiger partial charge in [-0.2, -0.15) is 0 Å². The molecule has 1 aliphatic carbocycles. The second-order valence-corrected chi connectivity index (χ2v) is 4.94. The van der Waals surface area contributed by atoms with E-state index in [9.17, 15) is 0 Å². The number of hydrogen-bond acceptors (Lipinski definition) is 1. The van der Waals surface area contributed by atoms with Gasteiger partial charge in [0.15, 0.2) is 0 Å². The number of hydrogen-bond donors (Lipinski definition) is 1. The predicted octanol–water partition coefficient (Wildman–Crippen LogP) is 2.99. The summed E-state index contributed by atoms with van der Waals surface area (Å²) in [5.41, 5.74) is 2.65. The number of aliphatic hydroxyl groups is 1. The third kappa shape index (κ3) is 2.05. The summed E-state index contributed by atoms with van der Waals surface area (Å²) >= 11 is 0. The summed E-state index contributed by atoms with van der Waals surface area (Å²) in [6.45, 7) is -0.0594. The van der Waals surface area contributed by atoms with E-state index in [1.165, 1.54) is 11.1 Å². The lowest BCUT2D eigenvalue weighted by molar-refractivity contribution is 0.350. The van der Waals surface area contributed by atoms with Crippen LogP contribution in [0.15, 0.2) is 60.7 Å². The Labute approximate surface area is 113 Å². The zero-order chi connectivity index (χ0) is 13.1. The minimum absolute atomic E-state index is 0.0185. The van der Waals surface area contributed by atoms with Gasteiger partial charge in [0.1, 0.15) is 6.61 Å². The molecule has 94 valence electrons. The Morgan fingerprint density at radius 1 is 0.947 bits per heavy atom. The second kappa shape index (κ2) is 4.91. The Hall–Kier alpha value is -2.04. The van der Waals surface area contributed by atoms with Crippen molar-refractivity contribution in [2.75, 3.05) is 6.61 Å². The highest BCUT2D eigenvalue weighted by Crippen LogP contribution is 2.58. The molecule has 3 rings (SSSR count). The van der Waals surface area contributed by atoms with Gasteiger partial charge >= 0.3 is 0 Å². The van der Waals surface area contributed by atoms with E-state index >= 15 is 0 Å². The third-order valence-corrected chi connectivity index (χ3v) is 3.89. The molecule has 2 aromatic carbocycles. The lowest BCUT2D eigenvalue weighted by atomic mass is 9.86. The summed E-state index contributed by atoms with van der Waals surface area (Å²) in [7, 11) is 0. The van der Waals surface area contributed by atoms with Gasteiger partial charge in [0, 0.05) is 11.3 Å². The summed E-state index contributed by atoms with van der Waals surface area (Å²) in [6, 6.07) is 21.1. The Bertz CT molecular complexity index is 565. The quantitative estimate of drug-likeness (QED) is 0.810. The van der Waals surface area contributed by atoms with Crippen molar-refractivity contribution in [2.24, 2.45) is 5.92 Å². The molecular weight excluding hydrogens is 232 g/mol. The van der Waals surface area contributed by atoms with E-state index in [1.807, 2.05) is 12.1 Å². The van der Waals surface area contributed by atoms with Crippen molar-refractivity contribution in [3.8, 4) is 11.8 Å². The van der Waals surface area contributed by atoms with Crippen LogP contribution < -0.4 is 0 Å². The summed E-state index contributed by atoms with van der Waals surface area (Å²) in [5, 5.41) is 8.88. The van der Waals surface area contributed by atoms with E-state index in [2.05, 4.69) is 60.4 Å². The minimum atomic E-state index is -0.0594. The maximum absolute atomic E-state index is 8.88. The smallest absolute Gasteiger partial charge is 0.104 e. The van der Waals surface area contributed by atoms with Crippen molar-refractivity contribution in [1.29, 1.82) is 0 Å². The average molecular weight is 248 g/mol. The molecule has 1 saturated carbocycles. The fraction of sp³-hybridized carbons (Fsp3) is 0.222. The Kier molecular flexibility index (Phi) is 3.11. The molecule has 0 saturated heterocycles. The van der Waals surface area contributed by atoms with E-state index in [-0.39, 0.29) is 12.0 Å². The number of benzene rings is 2. The molecule has 2 aromatic rings. The molecule has 0 aliphatic heterocycles. The SMILES string of the molecule is OCC#CC1CC1(c1ccccc1)c1ccccc1. The Morgan fingerprint density at radius 2 is 1.47 bits per heavy atom. The van der Waals surface area contributed by atoms with Crippen LogP contribution >= 0.6 is 0 Å². The molecule has 1 unspecified atom stereocenters. The van der Waals surface area contributed by atoms with Crippen LogP contribution in [0.4, 0.5) is 0 Å². The van der Waals surface area contributed by atoms with Crippen molar-refractivity contribution in [3.63, 3.8) is 0 Å². The average Bonchev–Trinajstić information content (AvgIpc) is 3.23. The fourth-order valence-corrected chi connectivity index (χ4v) is 2.88. The van der Waals surface area contributed by atoms with E-state index in [1.54, 1.807) is 0 Å². The van der Waals surface area contributed by atoms with Crippen LogP contribution in [0.3, 0.4) is 0 Å². The van der Waals surface area contributed by atoms with Crippen molar-refractivity contribution in [3.05, 3.63) is 71.8 Å². The van der Waals surface area contributed by atoms with Gasteiger partial charge in [-0.3, -0.25) is 0 Å². The zero-order valence-corrected chi connectivity index (χ0v) is 10.7. The van der Waals surface area contributed by atoms with Gasteiger partial charge in [-0.15, -0.1) is 0 Å². The van der Waals surface area contributed by atoms with Gasteiger partial charge < -0.3 is 5.11 Å². The minimum Gasteiger partial charge on any atom is -0.384 e. The first-order chi connectivity index (χ1) is 9.38. The largest absolute Gasteiger partial charge is 0.384 e. The number of rotatable bonds is 2. The molecule has 1 N–H and O–H groups in total. The summed E-state index contributed by atoms with van der Waals surface area (Å²) in [6.07, 6.45) is 1.04. The maximum atomic E-state index is 8.88. The van der Waals surface area contributed by atoms with E-state index in [0.29, 0.717) is 5.92 Å². The van der Waals surface area contributed by atoms with Crippen molar-refractivity contribution in [2.45, 2.75) is 11.8 Å². The fourth-order valence-electron chi connectivity index (χ4n) is 2.88. The number of aliphatic hydroxyl groups excluding tert-OH is 1. The molecule has 1 aliphatic rings. The van der Waals surface area contributed by atoms with Crippen LogP contribution in [0.5, 0.6) is 0 Å². The molecule has 1 heteroatoms. The van der Waals surface area contributed by atoms with Crippen LogP contribution in [0.1, 0.15) is 17.5 Å².